The molecule has 2 N–H and O–H groups in total. The number of unbranched alkanes of at least 4 members (excludes halogenated alkanes) is 5. The third-order valence-electron chi connectivity index (χ3n) is 10.2. The number of hydrogen-bond acceptors (Lipinski definition) is 4. The van der Waals surface area contributed by atoms with E-state index in [4.69, 9.17) is 0 Å². The maximum atomic E-state index is 12.1. The van der Waals surface area contributed by atoms with Crippen LogP contribution in [0.3, 0.4) is 0 Å². The van der Waals surface area contributed by atoms with E-state index in [1.807, 2.05) is 0 Å². The molecule has 4 heteroatoms. The Labute approximate surface area is 212 Å². The van der Waals surface area contributed by atoms with Crippen LogP contribution in [-0.4, -0.2) is 62.1 Å². The first kappa shape index (κ1) is 30.1. The van der Waals surface area contributed by atoms with Gasteiger partial charge in [-0.25, -0.2) is 0 Å². The van der Waals surface area contributed by atoms with Gasteiger partial charge in [-0.3, -0.25) is 9.80 Å². The van der Waals surface area contributed by atoms with Crippen molar-refractivity contribution in [2.45, 2.75) is 161 Å². The summed E-state index contributed by atoms with van der Waals surface area (Å²) in [5.74, 6) is -1.50. The van der Waals surface area contributed by atoms with Crippen LogP contribution >= 0.6 is 0 Å². The first-order valence-corrected chi connectivity index (χ1v) is 14.3. The molecule has 0 saturated carbocycles. The Balaban J connectivity index is 2.32. The molecule has 0 radical (unpaired) electrons. The molecule has 0 aromatic rings. The molecule has 0 aromatic carbocycles. The lowest BCUT2D eigenvalue weighted by Gasteiger charge is -2.59. The highest BCUT2D eigenvalue weighted by Crippen LogP contribution is 2.51. The van der Waals surface area contributed by atoms with Crippen LogP contribution in [0.25, 0.3) is 0 Å². The highest BCUT2D eigenvalue weighted by Gasteiger charge is 2.55. The summed E-state index contributed by atoms with van der Waals surface area (Å²) in [6, 6.07) is 0. The summed E-state index contributed by atoms with van der Waals surface area (Å²) >= 11 is 0. The Kier molecular flexibility index (Phi) is 9.44. The maximum Gasteiger partial charge on any atom is 0.168 e. The second kappa shape index (κ2) is 10.7. The predicted octanol–water partition coefficient (Wildman–Crippen LogP) is 6.83. The van der Waals surface area contributed by atoms with Crippen molar-refractivity contribution in [3.8, 4) is 0 Å². The van der Waals surface area contributed by atoms with Crippen molar-refractivity contribution in [3.05, 3.63) is 0 Å². The minimum absolute atomic E-state index is 0.0488. The molecular formula is C30H60N2O2. The Morgan fingerprint density at radius 2 is 1.06 bits per heavy atom. The van der Waals surface area contributed by atoms with Gasteiger partial charge in [0.1, 0.15) is 0 Å². The molecule has 2 aliphatic heterocycles. The number of rotatable bonds is 10. The van der Waals surface area contributed by atoms with Crippen molar-refractivity contribution in [1.82, 2.24) is 9.80 Å². The fourth-order valence-electron chi connectivity index (χ4n) is 7.65. The number of nitrogens with zero attached hydrogens (tertiary/aromatic N) is 2. The summed E-state index contributed by atoms with van der Waals surface area (Å²) in [4.78, 5) is 4.95. The zero-order valence-electron chi connectivity index (χ0n) is 24.8. The zero-order valence-corrected chi connectivity index (χ0v) is 24.8. The second-order valence-electron chi connectivity index (χ2n) is 14.6. The van der Waals surface area contributed by atoms with Crippen LogP contribution in [0, 0.1) is 17.8 Å². The van der Waals surface area contributed by atoms with Gasteiger partial charge in [-0.15, -0.1) is 0 Å². The summed E-state index contributed by atoms with van der Waals surface area (Å²) in [5.41, 5.74) is -0.0152. The summed E-state index contributed by atoms with van der Waals surface area (Å²) in [7, 11) is 4.44. The Hall–Kier alpha value is -0.160. The van der Waals surface area contributed by atoms with Crippen LogP contribution in [-0.2, 0) is 0 Å². The molecule has 0 amide bonds. The van der Waals surface area contributed by atoms with Crippen LogP contribution in [0.15, 0.2) is 0 Å². The van der Waals surface area contributed by atoms with Gasteiger partial charge in [-0.2, -0.15) is 0 Å². The van der Waals surface area contributed by atoms with Gasteiger partial charge < -0.3 is 10.2 Å². The van der Waals surface area contributed by atoms with Crippen molar-refractivity contribution >= 4 is 0 Å². The largest absolute Gasteiger partial charge is 0.365 e. The maximum absolute atomic E-state index is 12.1. The topological polar surface area (TPSA) is 46.9 Å². The third kappa shape index (κ3) is 6.58. The fourth-order valence-corrected chi connectivity index (χ4v) is 7.65. The molecule has 1 unspecified atom stereocenters. The lowest BCUT2D eigenvalue weighted by molar-refractivity contribution is -0.276. The van der Waals surface area contributed by atoms with Gasteiger partial charge in [0.15, 0.2) is 5.79 Å². The van der Waals surface area contributed by atoms with E-state index in [9.17, 15) is 10.2 Å². The first-order chi connectivity index (χ1) is 15.4. The highest BCUT2D eigenvalue weighted by atomic mass is 16.5. The third-order valence-corrected chi connectivity index (χ3v) is 10.2. The van der Waals surface area contributed by atoms with Crippen molar-refractivity contribution < 1.29 is 10.2 Å². The van der Waals surface area contributed by atoms with Crippen molar-refractivity contribution in [2.24, 2.45) is 17.8 Å². The smallest absolute Gasteiger partial charge is 0.168 e. The van der Waals surface area contributed by atoms with Crippen LogP contribution in [0.1, 0.15) is 133 Å². The molecule has 2 rings (SSSR count). The van der Waals surface area contributed by atoms with Gasteiger partial charge in [0.25, 0.3) is 0 Å². The van der Waals surface area contributed by atoms with E-state index in [-0.39, 0.29) is 34.0 Å². The summed E-state index contributed by atoms with van der Waals surface area (Å²) < 4.78 is 0. The van der Waals surface area contributed by atoms with Crippen LogP contribution in [0.4, 0.5) is 0 Å². The molecule has 2 heterocycles. The van der Waals surface area contributed by atoms with E-state index < -0.39 is 5.79 Å². The fraction of sp³-hybridized carbons (Fsp3) is 1.00. The average Bonchev–Trinajstić information content (AvgIpc) is 2.68. The van der Waals surface area contributed by atoms with E-state index in [0.717, 1.165) is 38.5 Å². The summed E-state index contributed by atoms with van der Waals surface area (Å²) in [6.45, 7) is 20.7. The van der Waals surface area contributed by atoms with E-state index in [1.165, 1.54) is 32.1 Å². The number of aliphatic hydroxyl groups is 2. The van der Waals surface area contributed by atoms with Crippen molar-refractivity contribution in [2.75, 3.05) is 14.1 Å². The van der Waals surface area contributed by atoms with E-state index in [0.29, 0.717) is 5.92 Å². The number of piperidine rings is 2. The molecule has 2 saturated heterocycles. The monoisotopic (exact) mass is 480 g/mol. The minimum atomic E-state index is -1.63. The van der Waals surface area contributed by atoms with Crippen molar-refractivity contribution in [1.29, 1.82) is 0 Å². The quantitative estimate of drug-likeness (QED) is 0.266. The lowest BCUT2D eigenvalue weighted by Crippen LogP contribution is -2.65. The SMILES string of the molecule is CCCCCCCCC(C1CC(C)(C)N(C)C(C)(C)C1)C(O)(O)C1CC(C)(C)N(C)C(C)(C)C1. The minimum Gasteiger partial charge on any atom is -0.365 e. The second-order valence-corrected chi connectivity index (χ2v) is 14.6. The van der Waals surface area contributed by atoms with Gasteiger partial charge in [-0.05, 0) is 108 Å². The normalized spacial score (nSPS) is 27.1. The molecule has 34 heavy (non-hydrogen) atoms. The molecule has 0 bridgehead atoms. The molecule has 2 aliphatic rings. The van der Waals surface area contributed by atoms with E-state index in [2.05, 4.69) is 86.2 Å². The molecule has 202 valence electrons. The van der Waals surface area contributed by atoms with Gasteiger partial charge in [0.2, 0.25) is 0 Å². The Bertz CT molecular complexity index is 616. The Morgan fingerprint density at radius 3 is 1.50 bits per heavy atom. The first-order valence-electron chi connectivity index (χ1n) is 14.3. The van der Waals surface area contributed by atoms with Crippen LogP contribution in [0.5, 0.6) is 0 Å². The van der Waals surface area contributed by atoms with Crippen LogP contribution < -0.4 is 0 Å². The van der Waals surface area contributed by atoms with E-state index in [1.54, 1.807) is 0 Å². The average molecular weight is 481 g/mol. The van der Waals surface area contributed by atoms with Gasteiger partial charge in [0, 0.05) is 34.0 Å². The molecule has 0 aromatic heterocycles. The van der Waals surface area contributed by atoms with Gasteiger partial charge >= 0.3 is 0 Å². The highest BCUT2D eigenvalue weighted by molar-refractivity contribution is 5.06. The standard InChI is InChI=1S/C30H60N2O2/c1-12-13-14-15-16-17-18-25(23-19-26(2,3)31(10)27(4,5)20-23)30(33,34)24-21-28(6,7)32(11)29(8,9)22-24/h23-25,33-34H,12-22H2,1-11H3. The molecule has 0 spiro atoms. The van der Waals surface area contributed by atoms with E-state index >= 15 is 0 Å². The van der Waals surface area contributed by atoms with Crippen LogP contribution in [0.2, 0.25) is 0 Å². The molecular weight excluding hydrogens is 420 g/mol. The predicted molar refractivity (Wildman–Crippen MR) is 146 cm³/mol. The summed E-state index contributed by atoms with van der Waals surface area (Å²) in [6.07, 6.45) is 12.1. The van der Waals surface area contributed by atoms with Gasteiger partial charge in [0.05, 0.1) is 0 Å². The number of hydrogen-bond donors (Lipinski definition) is 2. The Morgan fingerprint density at radius 1 is 0.676 bits per heavy atom. The zero-order chi connectivity index (χ0) is 26.2. The molecule has 0 aliphatic carbocycles. The van der Waals surface area contributed by atoms with Gasteiger partial charge in [-0.1, -0.05) is 45.4 Å². The van der Waals surface area contributed by atoms with Crippen molar-refractivity contribution in [3.63, 3.8) is 0 Å². The lowest BCUT2D eigenvalue weighted by atomic mass is 9.61. The number of likely N-dealkylation sites (tertiary alicyclic amines) is 2. The molecule has 2 fully saturated rings. The molecule has 4 nitrogen and oxygen atoms in total. The molecule has 1 atom stereocenters. The summed E-state index contributed by atoms with van der Waals surface area (Å²) in [5, 5.41) is 24.1.